The number of hydrogen-bond acceptors (Lipinski definition) is 3. The highest BCUT2D eigenvalue weighted by atomic mass is 16.1. The molecule has 0 aliphatic heterocycles. The number of hydrogen-bond donors (Lipinski definition) is 1. The van der Waals surface area contributed by atoms with Crippen molar-refractivity contribution in [3.05, 3.63) is 47.4 Å². The van der Waals surface area contributed by atoms with Crippen molar-refractivity contribution < 1.29 is 4.79 Å². The molecule has 0 aliphatic carbocycles. The lowest BCUT2D eigenvalue weighted by molar-refractivity contribution is 0.0995. The molecule has 0 unspecified atom stereocenters. The van der Waals surface area contributed by atoms with Crippen LogP contribution >= 0.6 is 0 Å². The van der Waals surface area contributed by atoms with E-state index in [1.807, 2.05) is 32.0 Å². The highest BCUT2D eigenvalue weighted by Gasteiger charge is 2.08. The second-order valence-corrected chi connectivity index (χ2v) is 3.90. The van der Waals surface area contributed by atoms with Crippen LogP contribution in [-0.4, -0.2) is 15.9 Å². The minimum atomic E-state index is -0.543. The number of amides is 1. The van der Waals surface area contributed by atoms with Crippen LogP contribution in [0.1, 0.15) is 21.6 Å². The van der Waals surface area contributed by atoms with Crippen molar-refractivity contribution in [3.8, 4) is 11.3 Å². The van der Waals surface area contributed by atoms with Gasteiger partial charge in [-0.1, -0.05) is 18.2 Å². The van der Waals surface area contributed by atoms with Crippen LogP contribution in [0.4, 0.5) is 0 Å². The van der Waals surface area contributed by atoms with Crippen molar-refractivity contribution in [2.75, 3.05) is 0 Å². The fraction of sp³-hybridized carbons (Fsp3) is 0.154. The van der Waals surface area contributed by atoms with E-state index in [2.05, 4.69) is 9.97 Å². The third-order valence-electron chi connectivity index (χ3n) is 2.80. The maximum absolute atomic E-state index is 11.1. The van der Waals surface area contributed by atoms with Crippen LogP contribution < -0.4 is 5.73 Å². The van der Waals surface area contributed by atoms with E-state index in [9.17, 15) is 4.79 Å². The summed E-state index contributed by atoms with van der Waals surface area (Å²) >= 11 is 0. The minimum Gasteiger partial charge on any atom is -0.364 e. The number of primary amides is 1. The molecule has 0 bridgehead atoms. The molecule has 1 aromatic carbocycles. The Morgan fingerprint density at radius 3 is 2.71 bits per heavy atom. The first-order chi connectivity index (χ1) is 8.09. The molecule has 0 fully saturated rings. The van der Waals surface area contributed by atoms with Gasteiger partial charge in [-0.05, 0) is 31.0 Å². The minimum absolute atomic E-state index is 0.232. The van der Waals surface area contributed by atoms with E-state index in [1.54, 1.807) is 6.07 Å². The summed E-state index contributed by atoms with van der Waals surface area (Å²) in [4.78, 5) is 19.1. The van der Waals surface area contributed by atoms with E-state index in [1.165, 1.54) is 11.9 Å². The molecule has 0 spiro atoms. The number of carbonyl (C=O) groups excluding carboxylic acids is 1. The Morgan fingerprint density at radius 1 is 1.24 bits per heavy atom. The Hall–Kier alpha value is -2.23. The Balaban J connectivity index is 2.57. The van der Waals surface area contributed by atoms with Gasteiger partial charge in [-0.2, -0.15) is 0 Å². The Labute approximate surface area is 99.5 Å². The number of benzene rings is 1. The molecule has 2 N–H and O–H groups in total. The topological polar surface area (TPSA) is 68.9 Å². The molecule has 0 radical (unpaired) electrons. The van der Waals surface area contributed by atoms with Crippen molar-refractivity contribution in [2.45, 2.75) is 13.8 Å². The molecule has 0 saturated heterocycles. The van der Waals surface area contributed by atoms with Gasteiger partial charge >= 0.3 is 0 Å². The molecule has 0 aliphatic rings. The van der Waals surface area contributed by atoms with Crippen molar-refractivity contribution in [2.24, 2.45) is 5.73 Å². The Bertz CT molecular complexity index is 579. The van der Waals surface area contributed by atoms with Crippen molar-refractivity contribution in [1.82, 2.24) is 9.97 Å². The van der Waals surface area contributed by atoms with E-state index >= 15 is 0 Å². The van der Waals surface area contributed by atoms with Crippen LogP contribution in [0, 0.1) is 13.8 Å². The number of aromatic nitrogens is 2. The normalized spacial score (nSPS) is 10.2. The lowest BCUT2D eigenvalue weighted by atomic mass is 10.0. The molecule has 17 heavy (non-hydrogen) atoms. The summed E-state index contributed by atoms with van der Waals surface area (Å²) in [5.41, 5.74) is 9.47. The SMILES string of the molecule is Cc1cccc(-c2cc(C(N)=O)ncn2)c1C. The standard InChI is InChI=1S/C13H13N3O/c1-8-4-3-5-10(9(8)2)11-6-12(13(14)17)16-7-15-11/h3-7H,1-2H3,(H2,14,17). The first-order valence-corrected chi connectivity index (χ1v) is 5.28. The predicted molar refractivity (Wildman–Crippen MR) is 65.5 cm³/mol. The highest BCUT2D eigenvalue weighted by Crippen LogP contribution is 2.23. The quantitative estimate of drug-likeness (QED) is 0.851. The molecule has 0 saturated carbocycles. The van der Waals surface area contributed by atoms with Crippen molar-refractivity contribution >= 4 is 5.91 Å². The summed E-state index contributed by atoms with van der Waals surface area (Å²) in [5, 5.41) is 0. The molecule has 4 nitrogen and oxygen atoms in total. The van der Waals surface area contributed by atoms with Crippen molar-refractivity contribution in [1.29, 1.82) is 0 Å². The Kier molecular flexibility index (Phi) is 2.87. The summed E-state index contributed by atoms with van der Waals surface area (Å²) in [6, 6.07) is 7.58. The van der Waals surface area contributed by atoms with Gasteiger partial charge in [-0.15, -0.1) is 0 Å². The van der Waals surface area contributed by atoms with Crippen LogP contribution in [0.15, 0.2) is 30.6 Å². The van der Waals surface area contributed by atoms with E-state index in [0.717, 1.165) is 16.8 Å². The van der Waals surface area contributed by atoms with E-state index < -0.39 is 5.91 Å². The number of nitrogens with two attached hydrogens (primary N) is 1. The maximum Gasteiger partial charge on any atom is 0.267 e. The van der Waals surface area contributed by atoms with Gasteiger partial charge in [-0.25, -0.2) is 9.97 Å². The third-order valence-corrected chi connectivity index (χ3v) is 2.80. The molecule has 4 heteroatoms. The van der Waals surface area contributed by atoms with E-state index in [-0.39, 0.29) is 5.69 Å². The second kappa shape index (κ2) is 4.33. The average Bonchev–Trinajstić information content (AvgIpc) is 2.33. The molecule has 86 valence electrons. The molecule has 1 amide bonds. The molecule has 1 aromatic heterocycles. The number of rotatable bonds is 2. The highest BCUT2D eigenvalue weighted by molar-refractivity contribution is 5.91. The van der Waals surface area contributed by atoms with Crippen LogP contribution in [0.3, 0.4) is 0 Å². The van der Waals surface area contributed by atoms with Gasteiger partial charge in [0.2, 0.25) is 0 Å². The maximum atomic E-state index is 11.1. The van der Waals surface area contributed by atoms with Gasteiger partial charge < -0.3 is 5.73 Å². The number of carbonyl (C=O) groups is 1. The predicted octanol–water partition coefficient (Wildman–Crippen LogP) is 1.86. The largest absolute Gasteiger partial charge is 0.364 e. The van der Waals surface area contributed by atoms with Crippen LogP contribution in [0.25, 0.3) is 11.3 Å². The fourth-order valence-corrected chi connectivity index (χ4v) is 1.67. The van der Waals surface area contributed by atoms with Gasteiger partial charge in [-0.3, -0.25) is 4.79 Å². The summed E-state index contributed by atoms with van der Waals surface area (Å²) in [6.07, 6.45) is 1.36. The zero-order valence-electron chi connectivity index (χ0n) is 9.77. The lowest BCUT2D eigenvalue weighted by Crippen LogP contribution is -2.13. The van der Waals surface area contributed by atoms with Gasteiger partial charge in [0.05, 0.1) is 5.69 Å². The monoisotopic (exact) mass is 227 g/mol. The first kappa shape index (κ1) is 11.3. The fourth-order valence-electron chi connectivity index (χ4n) is 1.67. The Morgan fingerprint density at radius 2 is 2.00 bits per heavy atom. The van der Waals surface area contributed by atoms with Gasteiger partial charge in [0.25, 0.3) is 5.91 Å². The number of nitrogens with zero attached hydrogens (tertiary/aromatic N) is 2. The zero-order valence-corrected chi connectivity index (χ0v) is 9.77. The van der Waals surface area contributed by atoms with Crippen LogP contribution in [0.5, 0.6) is 0 Å². The average molecular weight is 227 g/mol. The molecule has 2 aromatic rings. The van der Waals surface area contributed by atoms with Gasteiger partial charge in [0.15, 0.2) is 0 Å². The van der Waals surface area contributed by atoms with Crippen LogP contribution in [0.2, 0.25) is 0 Å². The summed E-state index contributed by atoms with van der Waals surface area (Å²) in [5.74, 6) is -0.543. The van der Waals surface area contributed by atoms with E-state index in [0.29, 0.717) is 0 Å². The molecule has 2 rings (SSSR count). The molecule has 1 heterocycles. The number of aryl methyl sites for hydroxylation is 1. The van der Waals surface area contributed by atoms with Gasteiger partial charge in [0.1, 0.15) is 12.0 Å². The third kappa shape index (κ3) is 2.15. The van der Waals surface area contributed by atoms with Crippen molar-refractivity contribution in [3.63, 3.8) is 0 Å². The molecule has 0 atom stereocenters. The summed E-state index contributed by atoms with van der Waals surface area (Å²) in [7, 11) is 0. The second-order valence-electron chi connectivity index (χ2n) is 3.90. The molecular formula is C13H13N3O. The lowest BCUT2D eigenvalue weighted by Gasteiger charge is -2.08. The smallest absolute Gasteiger partial charge is 0.267 e. The summed E-state index contributed by atoms with van der Waals surface area (Å²) in [6.45, 7) is 4.06. The zero-order chi connectivity index (χ0) is 12.4. The van der Waals surface area contributed by atoms with E-state index in [4.69, 9.17) is 5.73 Å². The van der Waals surface area contributed by atoms with Crippen LogP contribution in [-0.2, 0) is 0 Å². The van der Waals surface area contributed by atoms with Gasteiger partial charge in [0, 0.05) is 5.56 Å². The molecular weight excluding hydrogens is 214 g/mol. The first-order valence-electron chi connectivity index (χ1n) is 5.28. The summed E-state index contributed by atoms with van der Waals surface area (Å²) < 4.78 is 0.